The number of piperidine rings is 1. The summed E-state index contributed by atoms with van der Waals surface area (Å²) in [5, 5.41) is 4.55. The van der Waals surface area contributed by atoms with Crippen LogP contribution in [0.15, 0.2) is 12.4 Å². The van der Waals surface area contributed by atoms with Crippen LogP contribution in [0.25, 0.3) is 0 Å². The molecule has 0 spiro atoms. The van der Waals surface area contributed by atoms with Gasteiger partial charge in [0, 0.05) is 44.5 Å². The van der Waals surface area contributed by atoms with E-state index in [1.807, 2.05) is 0 Å². The molecule has 21 heavy (non-hydrogen) atoms. The van der Waals surface area contributed by atoms with E-state index in [4.69, 9.17) is 4.74 Å². The maximum Gasteiger partial charge on any atom is 0.0627 e. The summed E-state index contributed by atoms with van der Waals surface area (Å²) in [6.45, 7) is 5.55. The molecule has 2 aliphatic heterocycles. The lowest BCUT2D eigenvalue weighted by Gasteiger charge is -2.40. The number of hydrogen-bond donors (Lipinski definition) is 0. The van der Waals surface area contributed by atoms with E-state index < -0.39 is 0 Å². The Labute approximate surface area is 127 Å². The largest absolute Gasteiger partial charge is 0.378 e. The Balaban J connectivity index is 1.31. The molecule has 2 unspecified atom stereocenters. The summed E-state index contributed by atoms with van der Waals surface area (Å²) in [6.07, 6.45) is 12.9. The van der Waals surface area contributed by atoms with Gasteiger partial charge in [0.05, 0.1) is 12.3 Å². The normalized spacial score (nSPS) is 30.9. The van der Waals surface area contributed by atoms with Crippen molar-refractivity contribution < 1.29 is 4.74 Å². The van der Waals surface area contributed by atoms with Gasteiger partial charge in [-0.3, -0.25) is 9.58 Å². The van der Waals surface area contributed by atoms with Crippen molar-refractivity contribution in [3.05, 3.63) is 18.0 Å². The van der Waals surface area contributed by atoms with E-state index >= 15 is 0 Å². The minimum Gasteiger partial charge on any atom is -0.378 e. The molecule has 1 aliphatic carbocycles. The first-order valence-corrected chi connectivity index (χ1v) is 8.72. The van der Waals surface area contributed by atoms with Crippen LogP contribution in [0.5, 0.6) is 0 Å². The number of likely N-dealkylation sites (tertiary alicyclic amines) is 1. The van der Waals surface area contributed by atoms with Crippen molar-refractivity contribution in [2.75, 3.05) is 19.7 Å². The van der Waals surface area contributed by atoms with Crippen molar-refractivity contribution in [1.29, 1.82) is 0 Å². The molecule has 2 saturated heterocycles. The van der Waals surface area contributed by atoms with Gasteiger partial charge in [0.25, 0.3) is 0 Å². The summed E-state index contributed by atoms with van der Waals surface area (Å²) < 4.78 is 8.07. The predicted molar refractivity (Wildman–Crippen MR) is 81.9 cm³/mol. The van der Waals surface area contributed by atoms with Crippen molar-refractivity contribution in [3.63, 3.8) is 0 Å². The Kier molecular flexibility index (Phi) is 3.99. The Morgan fingerprint density at radius 3 is 3.00 bits per heavy atom. The summed E-state index contributed by atoms with van der Waals surface area (Å²) in [7, 11) is 0. The fourth-order valence-corrected chi connectivity index (χ4v) is 4.09. The highest BCUT2D eigenvalue weighted by Crippen LogP contribution is 2.29. The van der Waals surface area contributed by atoms with Crippen LogP contribution in [-0.2, 0) is 17.8 Å². The third kappa shape index (κ3) is 3.16. The molecule has 0 N–H and O–H groups in total. The van der Waals surface area contributed by atoms with Gasteiger partial charge in [0.2, 0.25) is 0 Å². The second-order valence-corrected chi connectivity index (χ2v) is 7.20. The lowest BCUT2D eigenvalue weighted by Crippen LogP contribution is -2.45. The van der Waals surface area contributed by atoms with Gasteiger partial charge in [-0.1, -0.05) is 6.42 Å². The van der Waals surface area contributed by atoms with Crippen LogP contribution in [-0.4, -0.2) is 40.5 Å². The van der Waals surface area contributed by atoms with Gasteiger partial charge in [-0.05, 0) is 43.9 Å². The van der Waals surface area contributed by atoms with E-state index in [0.29, 0.717) is 6.10 Å². The first-order chi connectivity index (χ1) is 10.4. The van der Waals surface area contributed by atoms with Crippen LogP contribution in [0.1, 0.15) is 44.1 Å². The van der Waals surface area contributed by atoms with Crippen LogP contribution in [0, 0.1) is 11.8 Å². The Hall–Kier alpha value is -0.870. The number of nitrogens with zero attached hydrogens (tertiary/aromatic N) is 3. The van der Waals surface area contributed by atoms with Gasteiger partial charge < -0.3 is 4.74 Å². The molecule has 1 aromatic rings. The molecule has 3 heterocycles. The highest BCUT2D eigenvalue weighted by Gasteiger charge is 2.32. The second-order valence-electron chi connectivity index (χ2n) is 7.20. The van der Waals surface area contributed by atoms with Gasteiger partial charge in [-0.15, -0.1) is 0 Å². The SMILES string of the molecule is c1nn(CC2CCC2)cc1CN1CCC2OCCCC2C1. The van der Waals surface area contributed by atoms with Gasteiger partial charge in [-0.2, -0.15) is 5.10 Å². The molecule has 1 saturated carbocycles. The summed E-state index contributed by atoms with van der Waals surface area (Å²) in [6, 6.07) is 0. The number of fused-ring (bicyclic) bond motifs is 1. The molecule has 116 valence electrons. The van der Waals surface area contributed by atoms with Gasteiger partial charge >= 0.3 is 0 Å². The highest BCUT2D eigenvalue weighted by molar-refractivity contribution is 5.04. The Morgan fingerprint density at radius 1 is 1.19 bits per heavy atom. The van der Waals surface area contributed by atoms with Crippen LogP contribution >= 0.6 is 0 Å². The Bertz CT molecular complexity index is 468. The summed E-state index contributed by atoms with van der Waals surface area (Å²) in [4.78, 5) is 2.60. The first-order valence-electron chi connectivity index (χ1n) is 8.72. The molecular formula is C17H27N3O. The minimum atomic E-state index is 0.538. The zero-order valence-electron chi connectivity index (χ0n) is 12.9. The van der Waals surface area contributed by atoms with Crippen molar-refractivity contribution in [1.82, 2.24) is 14.7 Å². The van der Waals surface area contributed by atoms with E-state index in [1.165, 1.54) is 57.2 Å². The monoisotopic (exact) mass is 289 g/mol. The molecule has 2 atom stereocenters. The predicted octanol–water partition coefficient (Wildman–Crippen LogP) is 2.68. The molecule has 0 bridgehead atoms. The van der Waals surface area contributed by atoms with Crippen molar-refractivity contribution >= 4 is 0 Å². The average molecular weight is 289 g/mol. The highest BCUT2D eigenvalue weighted by atomic mass is 16.5. The van der Waals surface area contributed by atoms with Crippen LogP contribution in [0.3, 0.4) is 0 Å². The molecular weight excluding hydrogens is 262 g/mol. The third-order valence-electron chi connectivity index (χ3n) is 5.56. The van der Waals surface area contributed by atoms with Crippen molar-refractivity contribution in [3.8, 4) is 0 Å². The third-order valence-corrected chi connectivity index (χ3v) is 5.56. The molecule has 3 fully saturated rings. The van der Waals surface area contributed by atoms with E-state index in [-0.39, 0.29) is 0 Å². The Morgan fingerprint density at radius 2 is 2.14 bits per heavy atom. The summed E-state index contributed by atoms with van der Waals surface area (Å²) in [5.41, 5.74) is 1.38. The number of ether oxygens (including phenoxy) is 1. The molecule has 4 rings (SSSR count). The van der Waals surface area contributed by atoms with Gasteiger partial charge in [0.15, 0.2) is 0 Å². The summed E-state index contributed by atoms with van der Waals surface area (Å²) in [5.74, 6) is 1.64. The first kappa shape index (κ1) is 13.8. The standard InChI is InChI=1S/C17H27N3O/c1-3-14(4-1)11-20-12-15(9-18-20)10-19-7-6-17-16(13-19)5-2-8-21-17/h9,12,14,16-17H,1-8,10-11,13H2. The smallest absolute Gasteiger partial charge is 0.0627 e. The molecule has 1 aromatic heterocycles. The number of hydrogen-bond acceptors (Lipinski definition) is 3. The fraction of sp³-hybridized carbons (Fsp3) is 0.824. The van der Waals surface area contributed by atoms with Gasteiger partial charge in [0.1, 0.15) is 0 Å². The molecule has 0 aromatic carbocycles. The quantitative estimate of drug-likeness (QED) is 0.854. The van der Waals surface area contributed by atoms with E-state index in [1.54, 1.807) is 0 Å². The van der Waals surface area contributed by atoms with E-state index in [0.717, 1.165) is 31.5 Å². The topological polar surface area (TPSA) is 30.3 Å². The maximum absolute atomic E-state index is 5.90. The zero-order chi connectivity index (χ0) is 14.1. The van der Waals surface area contributed by atoms with Crippen molar-refractivity contribution in [2.45, 2.75) is 57.7 Å². The van der Waals surface area contributed by atoms with Crippen molar-refractivity contribution in [2.24, 2.45) is 11.8 Å². The maximum atomic E-state index is 5.90. The molecule has 3 aliphatic rings. The van der Waals surface area contributed by atoms with E-state index in [2.05, 4.69) is 27.1 Å². The zero-order valence-corrected chi connectivity index (χ0v) is 12.9. The number of rotatable bonds is 4. The average Bonchev–Trinajstić information content (AvgIpc) is 2.90. The lowest BCUT2D eigenvalue weighted by atomic mass is 9.85. The number of aromatic nitrogens is 2. The van der Waals surface area contributed by atoms with Crippen LogP contribution < -0.4 is 0 Å². The van der Waals surface area contributed by atoms with Gasteiger partial charge in [-0.25, -0.2) is 0 Å². The minimum absolute atomic E-state index is 0.538. The van der Waals surface area contributed by atoms with Crippen LogP contribution in [0.2, 0.25) is 0 Å². The molecule has 0 amide bonds. The molecule has 4 nitrogen and oxygen atoms in total. The van der Waals surface area contributed by atoms with E-state index in [9.17, 15) is 0 Å². The lowest BCUT2D eigenvalue weighted by molar-refractivity contribution is -0.0676. The molecule has 4 heteroatoms. The summed E-state index contributed by atoms with van der Waals surface area (Å²) >= 11 is 0. The fourth-order valence-electron chi connectivity index (χ4n) is 4.09. The second kappa shape index (κ2) is 6.09. The molecule has 0 radical (unpaired) electrons. The van der Waals surface area contributed by atoms with Crippen LogP contribution in [0.4, 0.5) is 0 Å².